The average molecular weight is 375 g/mol. The molecule has 0 fully saturated rings. The number of carbonyl (C=O) groups is 2. The average Bonchev–Trinajstić information content (AvgIpc) is 2.62. The van der Waals surface area contributed by atoms with Crippen LogP contribution in [0.25, 0.3) is 0 Å². The predicted molar refractivity (Wildman–Crippen MR) is 97.3 cm³/mol. The number of ether oxygens (including phenoxy) is 1. The van der Waals surface area contributed by atoms with Crippen LogP contribution in [0.2, 0.25) is 0 Å². The monoisotopic (exact) mass is 375 g/mol. The molecule has 0 aliphatic carbocycles. The molecule has 1 N–H and O–H groups in total. The Bertz CT molecular complexity index is 868. The summed E-state index contributed by atoms with van der Waals surface area (Å²) >= 11 is 0. The van der Waals surface area contributed by atoms with Gasteiger partial charge in [0, 0.05) is 25.8 Å². The van der Waals surface area contributed by atoms with Crippen molar-refractivity contribution in [2.45, 2.75) is 13.0 Å². The fourth-order valence-corrected chi connectivity index (χ4v) is 2.23. The Hall–Kier alpha value is -3.49. The molecule has 0 aliphatic rings. The zero-order valence-electron chi connectivity index (χ0n) is 14.9. The third-order valence-corrected chi connectivity index (χ3v) is 3.65. The van der Waals surface area contributed by atoms with Crippen molar-refractivity contribution < 1.29 is 23.6 Å². The Morgan fingerprint density at radius 3 is 2.37 bits per heavy atom. The molecule has 1 amide bonds. The molecule has 0 heterocycles. The van der Waals surface area contributed by atoms with Gasteiger partial charge in [0.05, 0.1) is 10.5 Å². The Morgan fingerprint density at radius 2 is 1.81 bits per heavy atom. The van der Waals surface area contributed by atoms with E-state index in [0.29, 0.717) is 11.4 Å². The molecule has 0 bridgehead atoms. The number of hydrogen-bond donors (Lipinski definition) is 1. The van der Waals surface area contributed by atoms with Crippen molar-refractivity contribution in [2.24, 2.45) is 0 Å². The Kier molecular flexibility index (Phi) is 6.07. The van der Waals surface area contributed by atoms with E-state index in [1.165, 1.54) is 43.3 Å². The highest BCUT2D eigenvalue weighted by Gasteiger charge is 2.23. The second-order valence-corrected chi connectivity index (χ2v) is 5.90. The van der Waals surface area contributed by atoms with E-state index in [1.54, 1.807) is 19.0 Å². The van der Waals surface area contributed by atoms with Crippen molar-refractivity contribution in [3.8, 4) is 0 Å². The first-order chi connectivity index (χ1) is 12.7. The summed E-state index contributed by atoms with van der Waals surface area (Å²) < 4.78 is 17.9. The first-order valence-electron chi connectivity index (χ1n) is 7.92. The maximum atomic E-state index is 12.9. The van der Waals surface area contributed by atoms with Crippen LogP contribution >= 0.6 is 0 Å². The number of nitro benzene ring substituents is 1. The van der Waals surface area contributed by atoms with Crippen LogP contribution in [0.1, 0.15) is 17.3 Å². The van der Waals surface area contributed by atoms with Crippen LogP contribution in [0.3, 0.4) is 0 Å². The molecule has 0 spiro atoms. The van der Waals surface area contributed by atoms with Gasteiger partial charge in [-0.25, -0.2) is 9.18 Å². The lowest BCUT2D eigenvalue weighted by Crippen LogP contribution is -2.30. The topological polar surface area (TPSA) is 102 Å². The zero-order valence-corrected chi connectivity index (χ0v) is 14.9. The van der Waals surface area contributed by atoms with Crippen LogP contribution in [0.15, 0.2) is 42.5 Å². The van der Waals surface area contributed by atoms with E-state index < -0.39 is 28.7 Å². The SMILES string of the molecule is C[C@@H](OC(=O)c1ccc(N(C)C)c([N+](=O)[O-])c1)C(=O)Nc1ccc(F)cc1. The predicted octanol–water partition coefficient (Wildman–Crippen LogP) is 2.98. The summed E-state index contributed by atoms with van der Waals surface area (Å²) in [6, 6.07) is 9.00. The molecule has 0 aliphatic heterocycles. The first kappa shape index (κ1) is 19.8. The second-order valence-electron chi connectivity index (χ2n) is 5.90. The fraction of sp³-hybridized carbons (Fsp3) is 0.222. The number of esters is 1. The molecule has 0 saturated carbocycles. The van der Waals surface area contributed by atoms with Crippen LogP contribution in [-0.4, -0.2) is 37.0 Å². The van der Waals surface area contributed by atoms with Gasteiger partial charge in [-0.15, -0.1) is 0 Å². The summed E-state index contributed by atoms with van der Waals surface area (Å²) in [6.45, 7) is 1.36. The normalized spacial score (nSPS) is 11.4. The van der Waals surface area contributed by atoms with E-state index in [1.807, 2.05) is 0 Å². The third kappa shape index (κ3) is 5.00. The van der Waals surface area contributed by atoms with Crippen molar-refractivity contribution >= 4 is 28.9 Å². The maximum Gasteiger partial charge on any atom is 0.339 e. The molecular formula is C18H18FN3O5. The van der Waals surface area contributed by atoms with Gasteiger partial charge in [0.2, 0.25) is 0 Å². The van der Waals surface area contributed by atoms with Crippen LogP contribution in [0.4, 0.5) is 21.5 Å². The summed E-state index contributed by atoms with van der Waals surface area (Å²) in [6.07, 6.45) is -1.16. The number of nitro groups is 1. The molecule has 0 radical (unpaired) electrons. The highest BCUT2D eigenvalue weighted by Crippen LogP contribution is 2.28. The smallest absolute Gasteiger partial charge is 0.339 e. The van der Waals surface area contributed by atoms with Crippen LogP contribution < -0.4 is 10.2 Å². The van der Waals surface area contributed by atoms with Gasteiger partial charge in [0.15, 0.2) is 6.10 Å². The second kappa shape index (κ2) is 8.26. The van der Waals surface area contributed by atoms with Gasteiger partial charge in [-0.3, -0.25) is 14.9 Å². The molecule has 8 nitrogen and oxygen atoms in total. The van der Waals surface area contributed by atoms with E-state index in [4.69, 9.17) is 4.74 Å². The molecule has 2 aromatic carbocycles. The molecule has 0 aromatic heterocycles. The largest absolute Gasteiger partial charge is 0.449 e. The highest BCUT2D eigenvalue weighted by atomic mass is 19.1. The first-order valence-corrected chi connectivity index (χ1v) is 7.92. The summed E-state index contributed by atoms with van der Waals surface area (Å²) in [7, 11) is 3.28. The number of rotatable bonds is 6. The van der Waals surface area contributed by atoms with Crippen molar-refractivity contribution in [1.29, 1.82) is 0 Å². The molecule has 2 rings (SSSR count). The van der Waals surface area contributed by atoms with Gasteiger partial charge in [0.1, 0.15) is 11.5 Å². The Labute approximate surface area is 154 Å². The highest BCUT2D eigenvalue weighted by molar-refractivity contribution is 5.97. The molecule has 2 aromatic rings. The lowest BCUT2D eigenvalue weighted by Gasteiger charge is -2.15. The fourth-order valence-electron chi connectivity index (χ4n) is 2.23. The number of hydrogen-bond acceptors (Lipinski definition) is 6. The van der Waals surface area contributed by atoms with Gasteiger partial charge < -0.3 is 15.0 Å². The van der Waals surface area contributed by atoms with Gasteiger partial charge >= 0.3 is 5.97 Å². The number of anilines is 2. The molecule has 0 saturated heterocycles. The molecule has 27 heavy (non-hydrogen) atoms. The molecule has 0 unspecified atom stereocenters. The van der Waals surface area contributed by atoms with Crippen LogP contribution in [0, 0.1) is 15.9 Å². The Morgan fingerprint density at radius 1 is 1.19 bits per heavy atom. The molecule has 9 heteroatoms. The molecule has 1 atom stereocenters. The van der Waals surface area contributed by atoms with Crippen molar-refractivity contribution in [3.05, 3.63) is 64.0 Å². The van der Waals surface area contributed by atoms with Crippen molar-refractivity contribution in [2.75, 3.05) is 24.3 Å². The van der Waals surface area contributed by atoms with Crippen LogP contribution in [-0.2, 0) is 9.53 Å². The van der Waals surface area contributed by atoms with E-state index >= 15 is 0 Å². The standard InChI is InChI=1S/C18H18FN3O5/c1-11(17(23)20-14-7-5-13(19)6-8-14)27-18(24)12-4-9-15(21(2)3)16(10-12)22(25)26/h4-11H,1-3H3,(H,20,23)/t11-/m1/s1. The minimum absolute atomic E-state index is 0.0475. The summed E-state index contributed by atoms with van der Waals surface area (Å²) in [5.41, 5.74) is 0.375. The zero-order chi connectivity index (χ0) is 20.1. The molecular weight excluding hydrogens is 357 g/mol. The number of halogens is 1. The maximum absolute atomic E-state index is 12.9. The number of amides is 1. The Balaban J connectivity index is 2.09. The van der Waals surface area contributed by atoms with E-state index in [-0.39, 0.29) is 11.3 Å². The van der Waals surface area contributed by atoms with Gasteiger partial charge in [-0.2, -0.15) is 0 Å². The minimum atomic E-state index is -1.16. The van der Waals surface area contributed by atoms with Crippen molar-refractivity contribution in [1.82, 2.24) is 0 Å². The quantitative estimate of drug-likeness (QED) is 0.473. The summed E-state index contributed by atoms with van der Waals surface area (Å²) in [4.78, 5) is 36.5. The van der Waals surface area contributed by atoms with E-state index in [0.717, 1.165) is 6.07 Å². The van der Waals surface area contributed by atoms with E-state index in [2.05, 4.69) is 5.32 Å². The minimum Gasteiger partial charge on any atom is -0.449 e. The number of carbonyl (C=O) groups excluding carboxylic acids is 2. The lowest BCUT2D eigenvalue weighted by atomic mass is 10.1. The van der Waals surface area contributed by atoms with Gasteiger partial charge in [-0.05, 0) is 43.3 Å². The van der Waals surface area contributed by atoms with Gasteiger partial charge in [0.25, 0.3) is 11.6 Å². The molecule has 142 valence electrons. The van der Waals surface area contributed by atoms with Gasteiger partial charge in [-0.1, -0.05) is 0 Å². The summed E-state index contributed by atoms with van der Waals surface area (Å²) in [5.74, 6) is -1.94. The van der Waals surface area contributed by atoms with Crippen LogP contribution in [0.5, 0.6) is 0 Å². The third-order valence-electron chi connectivity index (χ3n) is 3.65. The number of nitrogens with zero attached hydrogens (tertiary/aromatic N) is 2. The number of benzene rings is 2. The number of nitrogens with one attached hydrogen (secondary N) is 1. The van der Waals surface area contributed by atoms with E-state index in [9.17, 15) is 24.1 Å². The van der Waals surface area contributed by atoms with Crippen molar-refractivity contribution in [3.63, 3.8) is 0 Å². The lowest BCUT2D eigenvalue weighted by molar-refractivity contribution is -0.384. The summed E-state index contributed by atoms with van der Waals surface area (Å²) in [5, 5.41) is 13.7.